The van der Waals surface area contributed by atoms with E-state index in [0.717, 1.165) is 11.8 Å². The Labute approximate surface area is 123 Å². The van der Waals surface area contributed by atoms with Gasteiger partial charge in [0.1, 0.15) is 0 Å². The van der Waals surface area contributed by atoms with Crippen molar-refractivity contribution in [1.82, 2.24) is 5.32 Å². The van der Waals surface area contributed by atoms with Crippen LogP contribution in [0.4, 0.5) is 0 Å². The van der Waals surface area contributed by atoms with E-state index in [2.05, 4.69) is 12.2 Å². The fraction of sp³-hybridized carbons (Fsp3) is 1.00. The fourth-order valence-corrected chi connectivity index (χ4v) is 3.72. The van der Waals surface area contributed by atoms with Crippen molar-refractivity contribution in [2.75, 3.05) is 13.2 Å². The molecule has 0 heterocycles. The minimum atomic E-state index is -0.343. The molecule has 0 aromatic rings. The number of nitrogens with one attached hydrogen (secondary N) is 1. The van der Waals surface area contributed by atoms with E-state index in [1.165, 1.54) is 51.4 Å². The average Bonchev–Trinajstić information content (AvgIpc) is 3.31. The van der Waals surface area contributed by atoms with Crippen LogP contribution in [0.2, 0.25) is 0 Å². The zero-order valence-electron chi connectivity index (χ0n) is 12.9. The molecule has 0 saturated heterocycles. The van der Waals surface area contributed by atoms with Crippen LogP contribution in [-0.2, 0) is 4.74 Å². The predicted molar refractivity (Wildman–Crippen MR) is 80.6 cm³/mol. The molecule has 20 heavy (non-hydrogen) atoms. The lowest BCUT2D eigenvalue weighted by atomic mass is 9.88. The third-order valence-corrected chi connectivity index (χ3v) is 5.38. The van der Waals surface area contributed by atoms with Crippen molar-refractivity contribution in [2.24, 2.45) is 17.8 Å². The Balaban J connectivity index is 1.33. The highest BCUT2D eigenvalue weighted by Gasteiger charge is 2.41. The van der Waals surface area contributed by atoms with E-state index in [4.69, 9.17) is 4.74 Å². The quantitative estimate of drug-likeness (QED) is 0.719. The molecule has 0 aliphatic heterocycles. The molecule has 3 rings (SSSR count). The zero-order valence-corrected chi connectivity index (χ0v) is 12.9. The maximum atomic E-state index is 10.1. The van der Waals surface area contributed by atoms with Crippen LogP contribution in [0.15, 0.2) is 0 Å². The number of aliphatic hydroxyl groups is 1. The summed E-state index contributed by atoms with van der Waals surface area (Å²) in [5.41, 5.74) is 0. The van der Waals surface area contributed by atoms with Gasteiger partial charge in [0, 0.05) is 12.6 Å². The summed E-state index contributed by atoms with van der Waals surface area (Å²) in [6, 6.07) is 0.679. The molecule has 3 atom stereocenters. The smallest absolute Gasteiger partial charge is 0.0897 e. The van der Waals surface area contributed by atoms with Crippen LogP contribution in [0, 0.1) is 17.8 Å². The number of hydrogen-bond acceptors (Lipinski definition) is 3. The molecule has 2 N–H and O–H groups in total. The van der Waals surface area contributed by atoms with Crippen LogP contribution in [0.25, 0.3) is 0 Å². The van der Waals surface area contributed by atoms with Gasteiger partial charge in [0.05, 0.1) is 18.8 Å². The van der Waals surface area contributed by atoms with E-state index in [9.17, 15) is 5.11 Å². The number of rotatable bonds is 8. The molecule has 3 unspecified atom stereocenters. The third kappa shape index (κ3) is 4.19. The molecule has 0 aromatic carbocycles. The summed E-state index contributed by atoms with van der Waals surface area (Å²) in [5.74, 6) is 2.46. The lowest BCUT2D eigenvalue weighted by Gasteiger charge is -2.30. The second kappa shape index (κ2) is 6.76. The molecule has 3 aliphatic carbocycles. The highest BCUT2D eigenvalue weighted by atomic mass is 16.5. The monoisotopic (exact) mass is 281 g/mol. The molecule has 0 aromatic heterocycles. The van der Waals surface area contributed by atoms with Gasteiger partial charge < -0.3 is 15.2 Å². The Kier molecular flexibility index (Phi) is 5.00. The van der Waals surface area contributed by atoms with Crippen LogP contribution < -0.4 is 5.32 Å². The fourth-order valence-electron chi connectivity index (χ4n) is 3.72. The molecule has 0 amide bonds. The van der Waals surface area contributed by atoms with Crippen molar-refractivity contribution in [3.63, 3.8) is 0 Å². The van der Waals surface area contributed by atoms with Gasteiger partial charge in [-0.3, -0.25) is 0 Å². The minimum Gasteiger partial charge on any atom is -0.389 e. The summed E-state index contributed by atoms with van der Waals surface area (Å²) in [5, 5.41) is 13.7. The van der Waals surface area contributed by atoms with Crippen LogP contribution >= 0.6 is 0 Å². The first-order valence-electron chi connectivity index (χ1n) is 8.77. The molecular weight excluding hydrogens is 250 g/mol. The van der Waals surface area contributed by atoms with Gasteiger partial charge >= 0.3 is 0 Å². The molecule has 0 radical (unpaired) electrons. The van der Waals surface area contributed by atoms with Crippen molar-refractivity contribution >= 4 is 0 Å². The van der Waals surface area contributed by atoms with Gasteiger partial charge in [-0.1, -0.05) is 19.8 Å². The second-order valence-corrected chi connectivity index (χ2v) is 7.40. The predicted octanol–water partition coefficient (Wildman–Crippen LogP) is 2.72. The standard InChI is InChI=1S/C17H31NO2/c1-12-4-2-3-5-16(12)20-11-15(19)10-18-17(13-6-7-13)14-8-9-14/h12-19H,2-11H2,1H3. The summed E-state index contributed by atoms with van der Waals surface area (Å²) in [7, 11) is 0. The van der Waals surface area contributed by atoms with Gasteiger partial charge in [-0.05, 0) is 56.3 Å². The largest absolute Gasteiger partial charge is 0.389 e. The summed E-state index contributed by atoms with van der Waals surface area (Å²) in [6.45, 7) is 3.49. The van der Waals surface area contributed by atoms with Crippen molar-refractivity contribution in [3.05, 3.63) is 0 Å². The van der Waals surface area contributed by atoms with E-state index in [-0.39, 0.29) is 6.10 Å². The molecule has 3 aliphatic rings. The molecular formula is C17H31NO2. The van der Waals surface area contributed by atoms with Gasteiger partial charge in [0.25, 0.3) is 0 Å². The van der Waals surface area contributed by atoms with Crippen molar-refractivity contribution in [2.45, 2.75) is 76.5 Å². The van der Waals surface area contributed by atoms with Gasteiger partial charge in [0.2, 0.25) is 0 Å². The zero-order chi connectivity index (χ0) is 13.9. The molecule has 116 valence electrons. The van der Waals surface area contributed by atoms with E-state index in [1.807, 2.05) is 0 Å². The van der Waals surface area contributed by atoms with E-state index < -0.39 is 0 Å². The van der Waals surface area contributed by atoms with Crippen LogP contribution in [0.3, 0.4) is 0 Å². The summed E-state index contributed by atoms with van der Waals surface area (Å²) >= 11 is 0. The first-order valence-corrected chi connectivity index (χ1v) is 8.77. The highest BCUT2D eigenvalue weighted by molar-refractivity contribution is 4.96. The first kappa shape index (κ1) is 14.8. The Bertz CT molecular complexity index is 289. The topological polar surface area (TPSA) is 41.5 Å². The van der Waals surface area contributed by atoms with E-state index in [0.29, 0.717) is 31.2 Å². The van der Waals surface area contributed by atoms with Gasteiger partial charge in [-0.15, -0.1) is 0 Å². The second-order valence-electron chi connectivity index (χ2n) is 7.40. The summed E-state index contributed by atoms with van der Waals surface area (Å²) in [4.78, 5) is 0. The van der Waals surface area contributed by atoms with Gasteiger partial charge in [-0.2, -0.15) is 0 Å². The normalized spacial score (nSPS) is 32.5. The molecule has 3 saturated carbocycles. The number of ether oxygens (including phenoxy) is 1. The molecule has 0 bridgehead atoms. The van der Waals surface area contributed by atoms with Crippen molar-refractivity contribution < 1.29 is 9.84 Å². The number of aliphatic hydroxyl groups excluding tert-OH is 1. The average molecular weight is 281 g/mol. The lowest BCUT2D eigenvalue weighted by molar-refractivity contribution is -0.0458. The third-order valence-electron chi connectivity index (χ3n) is 5.38. The van der Waals surface area contributed by atoms with Crippen molar-refractivity contribution in [1.29, 1.82) is 0 Å². The van der Waals surface area contributed by atoms with E-state index >= 15 is 0 Å². The van der Waals surface area contributed by atoms with Gasteiger partial charge in [-0.25, -0.2) is 0 Å². The lowest BCUT2D eigenvalue weighted by Crippen LogP contribution is -2.41. The Hall–Kier alpha value is -0.120. The van der Waals surface area contributed by atoms with Crippen LogP contribution in [0.1, 0.15) is 58.3 Å². The molecule has 3 nitrogen and oxygen atoms in total. The SMILES string of the molecule is CC1CCCCC1OCC(O)CNC(C1CC1)C1CC1. The highest BCUT2D eigenvalue weighted by Crippen LogP contribution is 2.44. The Morgan fingerprint density at radius 2 is 1.70 bits per heavy atom. The first-order chi connectivity index (χ1) is 9.74. The maximum Gasteiger partial charge on any atom is 0.0897 e. The van der Waals surface area contributed by atoms with Gasteiger partial charge in [0.15, 0.2) is 0 Å². The maximum absolute atomic E-state index is 10.1. The van der Waals surface area contributed by atoms with Crippen molar-refractivity contribution in [3.8, 4) is 0 Å². The van der Waals surface area contributed by atoms with Crippen LogP contribution in [-0.4, -0.2) is 36.5 Å². The number of hydrogen-bond donors (Lipinski definition) is 2. The minimum absolute atomic E-state index is 0.343. The molecule has 0 spiro atoms. The summed E-state index contributed by atoms with van der Waals surface area (Å²) in [6.07, 6.45) is 10.7. The van der Waals surface area contributed by atoms with E-state index in [1.54, 1.807) is 0 Å². The molecule has 3 fully saturated rings. The summed E-state index contributed by atoms with van der Waals surface area (Å²) < 4.78 is 5.95. The Morgan fingerprint density at radius 1 is 1.05 bits per heavy atom. The molecule has 3 heteroatoms. The van der Waals surface area contributed by atoms with Crippen LogP contribution in [0.5, 0.6) is 0 Å². The Morgan fingerprint density at radius 3 is 2.30 bits per heavy atom.